The molecule has 0 aliphatic carbocycles. The quantitative estimate of drug-likeness (QED) is 0.555. The first-order chi connectivity index (χ1) is 12.2. The summed E-state index contributed by atoms with van der Waals surface area (Å²) in [5.74, 6) is 1.17. The Hall–Kier alpha value is -3.27. The molecule has 4 heteroatoms. The van der Waals surface area contributed by atoms with Crippen LogP contribution in [0.1, 0.15) is 10.4 Å². The van der Waals surface area contributed by atoms with Crippen LogP contribution in [0.4, 0.5) is 0 Å². The number of aromatic nitrogens is 1. The van der Waals surface area contributed by atoms with Gasteiger partial charge in [0, 0.05) is 22.4 Å². The van der Waals surface area contributed by atoms with E-state index in [9.17, 15) is 4.79 Å². The van der Waals surface area contributed by atoms with Gasteiger partial charge in [-0.2, -0.15) is 0 Å². The van der Waals surface area contributed by atoms with Gasteiger partial charge in [0.15, 0.2) is 11.5 Å². The van der Waals surface area contributed by atoms with Gasteiger partial charge in [-0.1, -0.05) is 36.4 Å². The zero-order valence-corrected chi connectivity index (χ0v) is 14.0. The van der Waals surface area contributed by atoms with Crippen molar-refractivity contribution in [3.63, 3.8) is 0 Å². The number of nitrogens with zero attached hydrogens (tertiary/aromatic N) is 1. The van der Waals surface area contributed by atoms with E-state index < -0.39 is 0 Å². The highest BCUT2D eigenvalue weighted by molar-refractivity contribution is 6.16. The maximum Gasteiger partial charge on any atom is 0.262 e. The number of benzene rings is 3. The lowest BCUT2D eigenvalue weighted by Crippen LogP contribution is -2.11. The lowest BCUT2D eigenvalue weighted by atomic mass is 10.1. The minimum absolute atomic E-state index is 0.0704. The van der Waals surface area contributed by atoms with Gasteiger partial charge in [0.25, 0.3) is 5.91 Å². The molecule has 0 saturated heterocycles. The van der Waals surface area contributed by atoms with Gasteiger partial charge in [0.1, 0.15) is 0 Å². The number of ether oxygens (including phenoxy) is 2. The highest BCUT2D eigenvalue weighted by Gasteiger charge is 2.19. The molecule has 4 aromatic rings. The Morgan fingerprint density at radius 2 is 1.40 bits per heavy atom. The number of carbonyl (C=O) groups is 1. The Balaban J connectivity index is 2.09. The van der Waals surface area contributed by atoms with Crippen LogP contribution in [0.2, 0.25) is 0 Å². The van der Waals surface area contributed by atoms with Crippen molar-refractivity contribution >= 4 is 27.7 Å². The fourth-order valence-corrected chi connectivity index (χ4v) is 3.22. The summed E-state index contributed by atoms with van der Waals surface area (Å²) < 4.78 is 12.6. The average Bonchev–Trinajstić information content (AvgIpc) is 3.00. The first kappa shape index (κ1) is 15.3. The van der Waals surface area contributed by atoms with Crippen molar-refractivity contribution in [1.29, 1.82) is 0 Å². The first-order valence-electron chi connectivity index (χ1n) is 7.99. The predicted octanol–water partition coefficient (Wildman–Crippen LogP) is 4.50. The van der Waals surface area contributed by atoms with E-state index in [1.54, 1.807) is 18.8 Å². The number of carbonyl (C=O) groups excluding carboxylic acids is 1. The van der Waals surface area contributed by atoms with Crippen molar-refractivity contribution < 1.29 is 14.3 Å². The molecule has 1 heterocycles. The van der Waals surface area contributed by atoms with Gasteiger partial charge in [-0.05, 0) is 24.3 Å². The minimum Gasteiger partial charge on any atom is -0.493 e. The molecule has 0 aliphatic rings. The van der Waals surface area contributed by atoms with Gasteiger partial charge in [0.05, 0.1) is 25.3 Å². The average molecular weight is 331 g/mol. The Bertz CT molecular complexity index is 1080. The molecule has 1 aromatic heterocycles. The van der Waals surface area contributed by atoms with Gasteiger partial charge < -0.3 is 9.47 Å². The summed E-state index contributed by atoms with van der Waals surface area (Å²) in [7, 11) is 3.20. The highest BCUT2D eigenvalue weighted by Crippen LogP contribution is 2.37. The molecular weight excluding hydrogens is 314 g/mol. The molecule has 0 saturated carbocycles. The summed E-state index contributed by atoms with van der Waals surface area (Å²) in [6, 6.07) is 20.9. The smallest absolute Gasteiger partial charge is 0.262 e. The largest absolute Gasteiger partial charge is 0.493 e. The van der Waals surface area contributed by atoms with Gasteiger partial charge in [-0.15, -0.1) is 0 Å². The van der Waals surface area contributed by atoms with Crippen LogP contribution in [0, 0.1) is 0 Å². The maximum absolute atomic E-state index is 13.2. The second-order valence-corrected chi connectivity index (χ2v) is 5.75. The van der Waals surface area contributed by atoms with Crippen molar-refractivity contribution in [2.75, 3.05) is 14.2 Å². The molecule has 4 nitrogen and oxygen atoms in total. The van der Waals surface area contributed by atoms with E-state index in [0.29, 0.717) is 17.1 Å². The van der Waals surface area contributed by atoms with Gasteiger partial charge in [-0.3, -0.25) is 9.36 Å². The van der Waals surface area contributed by atoms with Gasteiger partial charge >= 0.3 is 0 Å². The van der Waals surface area contributed by atoms with E-state index in [4.69, 9.17) is 9.47 Å². The second-order valence-electron chi connectivity index (χ2n) is 5.75. The van der Waals surface area contributed by atoms with Gasteiger partial charge in [-0.25, -0.2) is 0 Å². The topological polar surface area (TPSA) is 40.5 Å². The maximum atomic E-state index is 13.2. The van der Waals surface area contributed by atoms with Crippen LogP contribution >= 0.6 is 0 Å². The SMILES string of the molecule is COc1cc2c3ccccc3n(C(=O)c3ccccc3)c2cc1OC. The van der Waals surface area contributed by atoms with Crippen LogP contribution in [0.3, 0.4) is 0 Å². The van der Waals surface area contributed by atoms with Crippen LogP contribution < -0.4 is 9.47 Å². The third-order valence-corrected chi connectivity index (χ3v) is 4.40. The zero-order chi connectivity index (χ0) is 17.4. The molecule has 4 rings (SSSR count). The number of hydrogen-bond acceptors (Lipinski definition) is 3. The number of methoxy groups -OCH3 is 2. The fourth-order valence-electron chi connectivity index (χ4n) is 3.22. The number of para-hydroxylation sites is 1. The van der Waals surface area contributed by atoms with Crippen molar-refractivity contribution in [3.8, 4) is 11.5 Å². The highest BCUT2D eigenvalue weighted by atomic mass is 16.5. The van der Waals surface area contributed by atoms with Crippen LogP contribution in [0.25, 0.3) is 21.8 Å². The fraction of sp³-hybridized carbons (Fsp3) is 0.0952. The molecule has 0 N–H and O–H groups in total. The summed E-state index contributed by atoms with van der Waals surface area (Å²) in [5, 5.41) is 1.96. The minimum atomic E-state index is -0.0704. The van der Waals surface area contributed by atoms with Crippen LogP contribution in [-0.4, -0.2) is 24.7 Å². The third-order valence-electron chi connectivity index (χ3n) is 4.40. The number of rotatable bonds is 3. The summed E-state index contributed by atoms with van der Waals surface area (Å²) in [5.41, 5.74) is 2.30. The molecule has 0 aliphatic heterocycles. The monoisotopic (exact) mass is 331 g/mol. The lowest BCUT2D eigenvalue weighted by molar-refractivity contribution is 0.0969. The number of hydrogen-bond donors (Lipinski definition) is 0. The number of fused-ring (bicyclic) bond motifs is 3. The summed E-state index contributed by atoms with van der Waals surface area (Å²) in [4.78, 5) is 13.2. The van der Waals surface area contributed by atoms with Crippen molar-refractivity contribution in [3.05, 3.63) is 72.3 Å². The molecule has 0 amide bonds. The molecule has 0 unspecified atom stereocenters. The molecular formula is C21H17NO3. The first-order valence-corrected chi connectivity index (χ1v) is 7.99. The molecule has 124 valence electrons. The normalized spacial score (nSPS) is 11.0. The van der Waals surface area contributed by atoms with Crippen molar-refractivity contribution in [1.82, 2.24) is 4.57 Å². The molecule has 0 radical (unpaired) electrons. The van der Waals surface area contributed by atoms with E-state index in [2.05, 4.69) is 0 Å². The summed E-state index contributed by atoms with van der Waals surface area (Å²) in [6.45, 7) is 0. The second kappa shape index (κ2) is 5.98. The molecule has 3 aromatic carbocycles. The van der Waals surface area contributed by atoms with E-state index in [1.165, 1.54) is 0 Å². The lowest BCUT2D eigenvalue weighted by Gasteiger charge is -2.10. The molecule has 0 fully saturated rings. The Labute approximate surface area is 145 Å². The van der Waals surface area contributed by atoms with E-state index in [-0.39, 0.29) is 5.91 Å². The molecule has 0 bridgehead atoms. The Morgan fingerprint density at radius 3 is 2.12 bits per heavy atom. The van der Waals surface area contributed by atoms with Crippen LogP contribution in [0.5, 0.6) is 11.5 Å². The molecule has 0 atom stereocenters. The van der Waals surface area contributed by atoms with Crippen LogP contribution in [0.15, 0.2) is 66.7 Å². The van der Waals surface area contributed by atoms with Gasteiger partial charge in [0.2, 0.25) is 0 Å². The molecule has 25 heavy (non-hydrogen) atoms. The Morgan fingerprint density at radius 1 is 0.760 bits per heavy atom. The molecule has 0 spiro atoms. The third kappa shape index (κ3) is 2.34. The van der Waals surface area contributed by atoms with E-state index in [1.807, 2.05) is 66.7 Å². The van der Waals surface area contributed by atoms with Crippen molar-refractivity contribution in [2.24, 2.45) is 0 Å². The Kier molecular flexibility index (Phi) is 3.65. The van der Waals surface area contributed by atoms with Crippen LogP contribution in [-0.2, 0) is 0 Å². The van der Waals surface area contributed by atoms with Crippen molar-refractivity contribution in [2.45, 2.75) is 0 Å². The van der Waals surface area contributed by atoms with E-state index in [0.717, 1.165) is 21.8 Å². The standard InChI is InChI=1S/C21H17NO3/c1-24-19-12-16-15-10-6-7-11-17(15)22(18(16)13-20(19)25-2)21(23)14-8-4-3-5-9-14/h3-13H,1-2H3. The van der Waals surface area contributed by atoms with E-state index >= 15 is 0 Å². The predicted molar refractivity (Wildman–Crippen MR) is 98.7 cm³/mol. The summed E-state index contributed by atoms with van der Waals surface area (Å²) >= 11 is 0. The zero-order valence-electron chi connectivity index (χ0n) is 14.0. The summed E-state index contributed by atoms with van der Waals surface area (Å²) in [6.07, 6.45) is 0.